The monoisotopic (exact) mass is 248 g/mol. The van der Waals surface area contributed by atoms with Crippen LogP contribution in [0.3, 0.4) is 0 Å². The summed E-state index contributed by atoms with van der Waals surface area (Å²) in [7, 11) is 1.90. The second-order valence-electron chi connectivity index (χ2n) is 4.38. The number of hydrogen-bond donors (Lipinski definition) is 1. The summed E-state index contributed by atoms with van der Waals surface area (Å²) in [6, 6.07) is 7.01. The van der Waals surface area contributed by atoms with Gasteiger partial charge in [0.1, 0.15) is 11.6 Å². The Bertz CT molecular complexity index is 510. The van der Waals surface area contributed by atoms with Gasteiger partial charge in [-0.15, -0.1) is 0 Å². The Morgan fingerprint density at radius 3 is 2.89 bits per heavy atom. The minimum Gasteiger partial charge on any atom is -0.445 e. The minimum absolute atomic E-state index is 0.221. The summed E-state index contributed by atoms with van der Waals surface area (Å²) in [6.07, 6.45) is 2.88. The predicted molar refractivity (Wildman–Crippen MR) is 67.9 cm³/mol. The van der Waals surface area contributed by atoms with Crippen LogP contribution in [-0.2, 0) is 12.8 Å². The lowest BCUT2D eigenvalue weighted by atomic mass is 10.1. The smallest absolute Gasteiger partial charge is 0.198 e. The van der Waals surface area contributed by atoms with Crippen molar-refractivity contribution in [3.8, 4) is 0 Å². The molecular weight excluding hydrogens is 231 g/mol. The van der Waals surface area contributed by atoms with E-state index in [0.717, 1.165) is 12.2 Å². The Morgan fingerprint density at radius 1 is 1.39 bits per heavy atom. The zero-order valence-corrected chi connectivity index (χ0v) is 10.6. The molecule has 1 heterocycles. The van der Waals surface area contributed by atoms with E-state index in [4.69, 9.17) is 4.42 Å². The Kier molecular flexibility index (Phi) is 4.10. The first kappa shape index (κ1) is 12.8. The molecule has 96 valence electrons. The van der Waals surface area contributed by atoms with Crippen LogP contribution in [0.1, 0.15) is 24.1 Å². The molecule has 1 aromatic carbocycles. The van der Waals surface area contributed by atoms with Crippen molar-refractivity contribution in [1.82, 2.24) is 10.3 Å². The summed E-state index contributed by atoms with van der Waals surface area (Å²) < 4.78 is 19.1. The van der Waals surface area contributed by atoms with Gasteiger partial charge >= 0.3 is 0 Å². The third kappa shape index (κ3) is 3.17. The number of hydrogen-bond acceptors (Lipinski definition) is 3. The molecule has 0 aliphatic rings. The van der Waals surface area contributed by atoms with Crippen molar-refractivity contribution in [2.45, 2.75) is 25.8 Å². The van der Waals surface area contributed by atoms with E-state index in [1.54, 1.807) is 18.3 Å². The van der Waals surface area contributed by atoms with Gasteiger partial charge in [0.25, 0.3) is 0 Å². The topological polar surface area (TPSA) is 38.1 Å². The number of aromatic nitrogens is 1. The fourth-order valence-corrected chi connectivity index (χ4v) is 1.73. The molecule has 0 saturated carbocycles. The molecule has 2 aromatic rings. The molecule has 0 fully saturated rings. The average molecular weight is 248 g/mol. The number of nitrogens with zero attached hydrogens (tertiary/aromatic N) is 1. The number of rotatable bonds is 5. The van der Waals surface area contributed by atoms with Crippen LogP contribution in [0.25, 0.3) is 0 Å². The molecule has 0 saturated heterocycles. The van der Waals surface area contributed by atoms with E-state index >= 15 is 0 Å². The van der Waals surface area contributed by atoms with Crippen molar-refractivity contribution in [2.75, 3.05) is 7.05 Å². The molecule has 4 heteroatoms. The Balaban J connectivity index is 2.05. The molecule has 0 aliphatic carbocycles. The van der Waals surface area contributed by atoms with Gasteiger partial charge in [0, 0.05) is 12.5 Å². The van der Waals surface area contributed by atoms with Crippen LogP contribution in [0, 0.1) is 5.82 Å². The minimum atomic E-state index is -0.221. The van der Waals surface area contributed by atoms with Crippen LogP contribution in [0.4, 0.5) is 4.39 Å². The summed E-state index contributed by atoms with van der Waals surface area (Å²) in [6.45, 7) is 2.07. The second-order valence-corrected chi connectivity index (χ2v) is 4.38. The molecule has 1 atom stereocenters. The van der Waals surface area contributed by atoms with Crippen molar-refractivity contribution >= 4 is 0 Å². The lowest BCUT2D eigenvalue weighted by Crippen LogP contribution is -2.23. The number of likely N-dealkylation sites (N-methyl/N-ethyl adjacent to an activating group) is 1. The highest BCUT2D eigenvalue weighted by Crippen LogP contribution is 2.14. The van der Waals surface area contributed by atoms with Gasteiger partial charge in [-0.3, -0.25) is 0 Å². The van der Waals surface area contributed by atoms with E-state index in [1.807, 2.05) is 13.1 Å². The molecule has 1 aromatic heterocycles. The van der Waals surface area contributed by atoms with Crippen LogP contribution >= 0.6 is 0 Å². The molecule has 0 radical (unpaired) electrons. The van der Waals surface area contributed by atoms with Crippen LogP contribution in [0.5, 0.6) is 0 Å². The number of nitrogens with one attached hydrogen (secondary N) is 1. The maximum absolute atomic E-state index is 13.5. The van der Waals surface area contributed by atoms with Crippen LogP contribution in [0.15, 0.2) is 34.9 Å². The standard InChI is InChI=1S/C14H17FN2O/c1-10(16-2)7-12-9-17-14(18-12)8-11-5-3-4-6-13(11)15/h3-6,9-10,16H,7-8H2,1-2H3. The fraction of sp³-hybridized carbons (Fsp3) is 0.357. The summed E-state index contributed by atoms with van der Waals surface area (Å²) in [5.41, 5.74) is 0.604. The first-order valence-electron chi connectivity index (χ1n) is 6.03. The van der Waals surface area contributed by atoms with Gasteiger partial charge in [-0.25, -0.2) is 9.37 Å². The predicted octanol–water partition coefficient (Wildman–Crippen LogP) is 2.55. The normalized spacial score (nSPS) is 12.6. The Hall–Kier alpha value is -1.68. The summed E-state index contributed by atoms with van der Waals surface area (Å²) in [5.74, 6) is 1.16. The summed E-state index contributed by atoms with van der Waals surface area (Å²) >= 11 is 0. The zero-order chi connectivity index (χ0) is 13.0. The highest BCUT2D eigenvalue weighted by Gasteiger charge is 2.09. The fourth-order valence-electron chi connectivity index (χ4n) is 1.73. The van der Waals surface area contributed by atoms with E-state index in [0.29, 0.717) is 23.9 Å². The van der Waals surface area contributed by atoms with Crippen LogP contribution < -0.4 is 5.32 Å². The van der Waals surface area contributed by atoms with Crippen molar-refractivity contribution in [3.63, 3.8) is 0 Å². The molecule has 1 unspecified atom stereocenters. The van der Waals surface area contributed by atoms with Gasteiger partial charge in [-0.1, -0.05) is 18.2 Å². The molecule has 3 nitrogen and oxygen atoms in total. The third-order valence-electron chi connectivity index (χ3n) is 2.90. The number of benzene rings is 1. The highest BCUT2D eigenvalue weighted by atomic mass is 19.1. The van der Waals surface area contributed by atoms with Crippen LogP contribution in [-0.4, -0.2) is 18.1 Å². The second kappa shape index (κ2) is 5.78. The zero-order valence-electron chi connectivity index (χ0n) is 10.6. The number of halogens is 1. The maximum atomic E-state index is 13.5. The molecule has 0 amide bonds. The van der Waals surface area contributed by atoms with Gasteiger partial charge in [-0.05, 0) is 25.6 Å². The van der Waals surface area contributed by atoms with E-state index in [-0.39, 0.29) is 5.82 Å². The van der Waals surface area contributed by atoms with Gasteiger partial charge in [0.15, 0.2) is 5.89 Å². The van der Waals surface area contributed by atoms with Crippen molar-refractivity contribution in [3.05, 3.63) is 53.5 Å². The lowest BCUT2D eigenvalue weighted by Gasteiger charge is -2.06. The molecule has 0 aliphatic heterocycles. The molecule has 0 spiro atoms. The van der Waals surface area contributed by atoms with Crippen molar-refractivity contribution in [2.24, 2.45) is 0 Å². The Labute approximate surface area is 106 Å². The van der Waals surface area contributed by atoms with Gasteiger partial charge in [0.05, 0.1) is 12.6 Å². The molecule has 18 heavy (non-hydrogen) atoms. The van der Waals surface area contributed by atoms with Crippen molar-refractivity contribution in [1.29, 1.82) is 0 Å². The molecule has 1 N–H and O–H groups in total. The van der Waals surface area contributed by atoms with Crippen LogP contribution in [0.2, 0.25) is 0 Å². The maximum Gasteiger partial charge on any atom is 0.198 e. The SMILES string of the molecule is CNC(C)Cc1cnc(Cc2ccccc2F)o1. The number of oxazole rings is 1. The first-order chi connectivity index (χ1) is 8.69. The summed E-state index contributed by atoms with van der Waals surface area (Å²) in [5, 5.41) is 3.13. The quantitative estimate of drug-likeness (QED) is 0.883. The highest BCUT2D eigenvalue weighted by molar-refractivity contribution is 5.20. The van der Waals surface area contributed by atoms with E-state index in [9.17, 15) is 4.39 Å². The average Bonchev–Trinajstić information content (AvgIpc) is 2.79. The van der Waals surface area contributed by atoms with E-state index in [2.05, 4.69) is 17.2 Å². The van der Waals surface area contributed by atoms with Crippen molar-refractivity contribution < 1.29 is 8.81 Å². The lowest BCUT2D eigenvalue weighted by molar-refractivity contribution is 0.438. The van der Waals surface area contributed by atoms with Gasteiger partial charge in [-0.2, -0.15) is 0 Å². The Morgan fingerprint density at radius 2 is 2.17 bits per heavy atom. The molecule has 0 bridgehead atoms. The van der Waals surface area contributed by atoms with Gasteiger partial charge in [0.2, 0.25) is 0 Å². The van der Waals surface area contributed by atoms with E-state index in [1.165, 1.54) is 6.07 Å². The molecule has 2 rings (SSSR count). The largest absolute Gasteiger partial charge is 0.445 e. The van der Waals surface area contributed by atoms with Gasteiger partial charge < -0.3 is 9.73 Å². The third-order valence-corrected chi connectivity index (χ3v) is 2.90. The summed E-state index contributed by atoms with van der Waals surface area (Å²) in [4.78, 5) is 4.18. The first-order valence-corrected chi connectivity index (χ1v) is 6.03. The molecular formula is C14H17FN2O. The van der Waals surface area contributed by atoms with E-state index < -0.39 is 0 Å².